The number of aryl methyl sites for hydroxylation is 1. The van der Waals surface area contributed by atoms with E-state index in [2.05, 4.69) is 10.3 Å². The molecule has 1 fully saturated rings. The average molecular weight is 299 g/mol. The van der Waals surface area contributed by atoms with E-state index in [1.807, 2.05) is 42.7 Å². The van der Waals surface area contributed by atoms with Crippen molar-refractivity contribution in [3.8, 4) is 5.69 Å². The summed E-state index contributed by atoms with van der Waals surface area (Å²) < 4.78 is 2.00. The molecule has 0 radical (unpaired) electrons. The summed E-state index contributed by atoms with van der Waals surface area (Å²) in [6, 6.07) is 7.55. The van der Waals surface area contributed by atoms with Crippen molar-refractivity contribution in [2.45, 2.75) is 39.2 Å². The van der Waals surface area contributed by atoms with Crippen LogP contribution in [0, 0.1) is 19.8 Å². The van der Waals surface area contributed by atoms with Gasteiger partial charge in [0.2, 0.25) is 0 Å². The van der Waals surface area contributed by atoms with Crippen LogP contribution in [0.2, 0.25) is 0 Å². The van der Waals surface area contributed by atoms with Crippen molar-refractivity contribution in [3.05, 3.63) is 42.0 Å². The number of aromatic nitrogens is 2. The van der Waals surface area contributed by atoms with Crippen molar-refractivity contribution >= 4 is 11.6 Å². The summed E-state index contributed by atoms with van der Waals surface area (Å²) >= 11 is 0. The SMILES string of the molecule is Cc1ncn(-c2ccc(NC(=O)C(O)C3CCC3)cc2)c1C. The summed E-state index contributed by atoms with van der Waals surface area (Å²) in [4.78, 5) is 16.3. The minimum absolute atomic E-state index is 0.121. The molecule has 1 atom stereocenters. The third-order valence-corrected chi connectivity index (χ3v) is 4.53. The number of amides is 1. The predicted octanol–water partition coefficient (Wildman–Crippen LogP) is 2.59. The fraction of sp³-hybridized carbons (Fsp3) is 0.412. The first-order valence-corrected chi connectivity index (χ1v) is 7.66. The highest BCUT2D eigenvalue weighted by molar-refractivity contribution is 5.94. The van der Waals surface area contributed by atoms with Crippen LogP contribution in [0.1, 0.15) is 30.7 Å². The number of nitrogens with zero attached hydrogens (tertiary/aromatic N) is 2. The summed E-state index contributed by atoms with van der Waals surface area (Å²) in [6.07, 6.45) is 3.87. The summed E-state index contributed by atoms with van der Waals surface area (Å²) in [5, 5.41) is 12.7. The molecule has 0 saturated heterocycles. The molecule has 1 amide bonds. The lowest BCUT2D eigenvalue weighted by Gasteiger charge is -2.29. The largest absolute Gasteiger partial charge is 0.383 e. The van der Waals surface area contributed by atoms with Crippen molar-refractivity contribution in [2.24, 2.45) is 5.92 Å². The van der Waals surface area contributed by atoms with Crippen molar-refractivity contribution < 1.29 is 9.90 Å². The van der Waals surface area contributed by atoms with Gasteiger partial charge in [-0.2, -0.15) is 0 Å². The zero-order valence-electron chi connectivity index (χ0n) is 12.9. The van der Waals surface area contributed by atoms with Crippen molar-refractivity contribution in [1.82, 2.24) is 9.55 Å². The van der Waals surface area contributed by atoms with Crippen LogP contribution in [0.5, 0.6) is 0 Å². The highest BCUT2D eigenvalue weighted by Gasteiger charge is 2.30. The van der Waals surface area contributed by atoms with Gasteiger partial charge in [0.05, 0.1) is 12.0 Å². The number of anilines is 1. The highest BCUT2D eigenvalue weighted by Crippen LogP contribution is 2.30. The Kier molecular flexibility index (Phi) is 3.98. The number of hydrogen-bond donors (Lipinski definition) is 2. The van der Waals surface area contributed by atoms with Gasteiger partial charge in [-0.15, -0.1) is 0 Å². The van der Waals surface area contributed by atoms with Gasteiger partial charge in [-0.1, -0.05) is 6.42 Å². The minimum atomic E-state index is -0.896. The first-order chi connectivity index (χ1) is 10.6. The summed E-state index contributed by atoms with van der Waals surface area (Å²) in [5.74, 6) is -0.192. The number of hydrogen-bond acceptors (Lipinski definition) is 3. The van der Waals surface area contributed by atoms with Gasteiger partial charge < -0.3 is 15.0 Å². The standard InChI is InChI=1S/C17H21N3O2/c1-11-12(2)20(10-18-11)15-8-6-14(7-9-15)19-17(22)16(21)13-4-3-5-13/h6-10,13,16,21H,3-5H2,1-2H3,(H,19,22). The van der Waals surface area contributed by atoms with E-state index in [1.165, 1.54) is 0 Å². The topological polar surface area (TPSA) is 67.2 Å². The van der Waals surface area contributed by atoms with Crippen molar-refractivity contribution in [2.75, 3.05) is 5.32 Å². The van der Waals surface area contributed by atoms with Gasteiger partial charge in [-0.05, 0) is 56.9 Å². The Labute approximate surface area is 130 Å². The van der Waals surface area contributed by atoms with E-state index >= 15 is 0 Å². The van der Waals surface area contributed by atoms with E-state index in [4.69, 9.17) is 0 Å². The molecule has 5 nitrogen and oxygen atoms in total. The lowest BCUT2D eigenvalue weighted by Crippen LogP contribution is -2.37. The number of aliphatic hydroxyl groups is 1. The molecule has 116 valence electrons. The van der Waals surface area contributed by atoms with Gasteiger partial charge in [-0.3, -0.25) is 4.79 Å². The number of carbonyl (C=O) groups is 1. The van der Waals surface area contributed by atoms with E-state index in [9.17, 15) is 9.90 Å². The van der Waals surface area contributed by atoms with E-state index in [-0.39, 0.29) is 11.8 Å². The van der Waals surface area contributed by atoms with Crippen LogP contribution >= 0.6 is 0 Å². The number of imidazole rings is 1. The van der Waals surface area contributed by atoms with Crippen LogP contribution < -0.4 is 5.32 Å². The smallest absolute Gasteiger partial charge is 0.253 e. The lowest BCUT2D eigenvalue weighted by molar-refractivity contribution is -0.128. The molecule has 22 heavy (non-hydrogen) atoms. The zero-order valence-corrected chi connectivity index (χ0v) is 12.9. The van der Waals surface area contributed by atoms with Crippen LogP contribution in [0.15, 0.2) is 30.6 Å². The molecule has 0 aliphatic heterocycles. The van der Waals surface area contributed by atoms with Gasteiger partial charge in [0.1, 0.15) is 6.10 Å². The van der Waals surface area contributed by atoms with E-state index in [0.717, 1.165) is 36.3 Å². The van der Waals surface area contributed by atoms with E-state index in [0.29, 0.717) is 5.69 Å². The number of benzene rings is 1. The van der Waals surface area contributed by atoms with Gasteiger partial charge in [0.15, 0.2) is 0 Å². The molecule has 5 heteroatoms. The number of aliphatic hydroxyl groups excluding tert-OH is 1. The lowest BCUT2D eigenvalue weighted by atomic mass is 9.81. The quantitative estimate of drug-likeness (QED) is 0.912. The molecule has 0 bridgehead atoms. The molecule has 1 aromatic heterocycles. The molecule has 1 aliphatic rings. The maximum atomic E-state index is 12.0. The Bertz CT molecular complexity index is 672. The fourth-order valence-electron chi connectivity index (χ4n) is 2.65. The Morgan fingerprint density at radius 2 is 2.00 bits per heavy atom. The van der Waals surface area contributed by atoms with Gasteiger partial charge in [0, 0.05) is 17.1 Å². The molecule has 1 aliphatic carbocycles. The third kappa shape index (κ3) is 2.76. The molecule has 0 spiro atoms. The first kappa shape index (κ1) is 14.8. The molecular formula is C17H21N3O2. The van der Waals surface area contributed by atoms with Crippen LogP contribution in [0.25, 0.3) is 5.69 Å². The van der Waals surface area contributed by atoms with Crippen LogP contribution in [-0.4, -0.2) is 26.7 Å². The predicted molar refractivity (Wildman–Crippen MR) is 85.0 cm³/mol. The van der Waals surface area contributed by atoms with Gasteiger partial charge in [0.25, 0.3) is 5.91 Å². The fourth-order valence-corrected chi connectivity index (χ4v) is 2.65. The second-order valence-electron chi connectivity index (χ2n) is 5.96. The number of carbonyl (C=O) groups excluding carboxylic acids is 1. The first-order valence-electron chi connectivity index (χ1n) is 7.66. The molecule has 2 N–H and O–H groups in total. The molecule has 1 unspecified atom stereocenters. The zero-order chi connectivity index (χ0) is 15.7. The maximum Gasteiger partial charge on any atom is 0.253 e. The summed E-state index contributed by atoms with van der Waals surface area (Å²) in [7, 11) is 0. The summed E-state index contributed by atoms with van der Waals surface area (Å²) in [5.41, 5.74) is 3.79. The molecule has 3 rings (SSSR count). The van der Waals surface area contributed by atoms with Crippen LogP contribution in [-0.2, 0) is 4.79 Å². The highest BCUT2D eigenvalue weighted by atomic mass is 16.3. The van der Waals surface area contributed by atoms with Crippen molar-refractivity contribution in [1.29, 1.82) is 0 Å². The Hall–Kier alpha value is -2.14. The maximum absolute atomic E-state index is 12.0. The number of nitrogens with one attached hydrogen (secondary N) is 1. The molecular weight excluding hydrogens is 278 g/mol. The van der Waals surface area contributed by atoms with Gasteiger partial charge >= 0.3 is 0 Å². The normalized spacial score (nSPS) is 16.1. The minimum Gasteiger partial charge on any atom is -0.383 e. The Morgan fingerprint density at radius 1 is 1.32 bits per heavy atom. The van der Waals surface area contributed by atoms with Crippen LogP contribution in [0.3, 0.4) is 0 Å². The van der Waals surface area contributed by atoms with E-state index in [1.54, 1.807) is 6.33 Å². The second kappa shape index (κ2) is 5.93. The van der Waals surface area contributed by atoms with Crippen LogP contribution in [0.4, 0.5) is 5.69 Å². The average Bonchev–Trinajstić information content (AvgIpc) is 2.78. The third-order valence-electron chi connectivity index (χ3n) is 4.53. The molecule has 1 aromatic carbocycles. The monoisotopic (exact) mass is 299 g/mol. The molecule has 2 aromatic rings. The van der Waals surface area contributed by atoms with E-state index < -0.39 is 6.10 Å². The van der Waals surface area contributed by atoms with Crippen molar-refractivity contribution in [3.63, 3.8) is 0 Å². The Balaban J connectivity index is 1.69. The molecule has 1 heterocycles. The second-order valence-corrected chi connectivity index (χ2v) is 5.96. The molecule has 1 saturated carbocycles. The Morgan fingerprint density at radius 3 is 2.50 bits per heavy atom. The number of rotatable bonds is 4. The summed E-state index contributed by atoms with van der Waals surface area (Å²) in [6.45, 7) is 4.00. The van der Waals surface area contributed by atoms with Gasteiger partial charge in [-0.25, -0.2) is 4.98 Å².